The van der Waals surface area contributed by atoms with Crippen molar-refractivity contribution in [3.05, 3.63) is 29.8 Å². The number of anilines is 1. The summed E-state index contributed by atoms with van der Waals surface area (Å²) in [6, 6.07) is 8.17. The molecule has 1 aliphatic rings. The molecule has 0 unspecified atom stereocenters. The molecular formula is C17H28IN3O. The molecule has 2 rings (SSSR count). The zero-order valence-corrected chi connectivity index (χ0v) is 15.9. The fraction of sp³-hybridized carbons (Fsp3) is 0.588. The highest BCUT2D eigenvalue weighted by Gasteiger charge is 2.33. The van der Waals surface area contributed by atoms with E-state index in [1.54, 1.807) is 7.11 Å². The van der Waals surface area contributed by atoms with Crippen LogP contribution >= 0.6 is 24.0 Å². The molecule has 0 spiro atoms. The second-order valence-corrected chi connectivity index (χ2v) is 6.14. The molecule has 22 heavy (non-hydrogen) atoms. The van der Waals surface area contributed by atoms with Gasteiger partial charge in [0.2, 0.25) is 0 Å². The molecule has 1 aromatic rings. The average Bonchev–Trinajstić information content (AvgIpc) is 2.95. The zero-order chi connectivity index (χ0) is 15.1. The van der Waals surface area contributed by atoms with Crippen molar-refractivity contribution in [2.45, 2.75) is 39.0 Å². The lowest BCUT2D eigenvalue weighted by molar-refractivity contribution is 0.141. The number of hydrogen-bond donors (Lipinski definition) is 2. The molecule has 0 radical (unpaired) electrons. The minimum absolute atomic E-state index is 0. The van der Waals surface area contributed by atoms with Gasteiger partial charge in [0.15, 0.2) is 5.96 Å². The van der Waals surface area contributed by atoms with Gasteiger partial charge in [-0.3, -0.25) is 4.99 Å². The van der Waals surface area contributed by atoms with Crippen molar-refractivity contribution < 1.29 is 4.74 Å². The molecule has 0 bridgehead atoms. The van der Waals surface area contributed by atoms with E-state index in [1.807, 2.05) is 12.1 Å². The Kier molecular flexibility index (Phi) is 8.17. The quantitative estimate of drug-likeness (QED) is 0.419. The summed E-state index contributed by atoms with van der Waals surface area (Å²) in [5.74, 6) is 0.502. The molecule has 0 saturated heterocycles. The standard InChI is InChI=1S/C17H27N3O.HI/c1-14-5-7-15(8-6-14)20-16(18)19-13-17(11-12-21-2)9-3-4-10-17;/h5-8H,3-4,9-13H2,1-2H3,(H3,18,19,20);1H. The number of hydrogen-bond acceptors (Lipinski definition) is 2. The Morgan fingerprint density at radius 2 is 1.91 bits per heavy atom. The summed E-state index contributed by atoms with van der Waals surface area (Å²) < 4.78 is 5.25. The monoisotopic (exact) mass is 417 g/mol. The maximum Gasteiger partial charge on any atom is 0.193 e. The summed E-state index contributed by atoms with van der Waals surface area (Å²) in [5, 5.41) is 3.16. The number of rotatable bonds is 6. The van der Waals surface area contributed by atoms with Gasteiger partial charge in [-0.1, -0.05) is 30.5 Å². The summed E-state index contributed by atoms with van der Waals surface area (Å²) in [4.78, 5) is 4.58. The minimum atomic E-state index is 0. The summed E-state index contributed by atoms with van der Waals surface area (Å²) in [7, 11) is 1.76. The van der Waals surface area contributed by atoms with Gasteiger partial charge in [0, 0.05) is 25.9 Å². The highest BCUT2D eigenvalue weighted by Crippen LogP contribution is 2.41. The average molecular weight is 417 g/mol. The van der Waals surface area contributed by atoms with Crippen molar-refractivity contribution in [2.24, 2.45) is 16.1 Å². The highest BCUT2D eigenvalue weighted by molar-refractivity contribution is 14.0. The van der Waals surface area contributed by atoms with Crippen molar-refractivity contribution in [1.82, 2.24) is 0 Å². The Morgan fingerprint density at radius 3 is 2.50 bits per heavy atom. The summed E-state index contributed by atoms with van der Waals surface area (Å²) in [6.45, 7) is 3.67. The van der Waals surface area contributed by atoms with Crippen LogP contribution in [0.5, 0.6) is 0 Å². The SMILES string of the molecule is COCCC1(CN=C(N)Nc2ccc(C)cc2)CCCC1.I. The minimum Gasteiger partial charge on any atom is -0.385 e. The molecule has 0 aliphatic heterocycles. The molecule has 124 valence electrons. The molecule has 0 amide bonds. The second kappa shape index (κ2) is 9.35. The number of nitrogens with two attached hydrogens (primary N) is 1. The molecular weight excluding hydrogens is 389 g/mol. The van der Waals surface area contributed by atoms with Gasteiger partial charge >= 0.3 is 0 Å². The van der Waals surface area contributed by atoms with Gasteiger partial charge in [-0.2, -0.15) is 0 Å². The van der Waals surface area contributed by atoms with E-state index in [0.717, 1.165) is 25.3 Å². The Balaban J connectivity index is 0.00000242. The molecule has 3 N–H and O–H groups in total. The van der Waals surface area contributed by atoms with Crippen LogP contribution in [0.15, 0.2) is 29.3 Å². The number of nitrogens with one attached hydrogen (secondary N) is 1. The third kappa shape index (κ3) is 5.76. The number of aryl methyl sites for hydroxylation is 1. The van der Waals surface area contributed by atoms with Crippen LogP contribution in [-0.2, 0) is 4.74 Å². The van der Waals surface area contributed by atoms with E-state index in [4.69, 9.17) is 10.5 Å². The third-order valence-corrected chi connectivity index (χ3v) is 4.41. The summed E-state index contributed by atoms with van der Waals surface area (Å²) >= 11 is 0. The number of ether oxygens (including phenoxy) is 1. The van der Waals surface area contributed by atoms with Crippen molar-refractivity contribution in [2.75, 3.05) is 25.6 Å². The number of nitrogens with zero attached hydrogens (tertiary/aromatic N) is 1. The predicted octanol–water partition coefficient (Wildman–Crippen LogP) is 3.94. The van der Waals surface area contributed by atoms with Gasteiger partial charge in [-0.25, -0.2) is 0 Å². The van der Waals surface area contributed by atoms with Crippen LogP contribution in [0.3, 0.4) is 0 Å². The predicted molar refractivity (Wildman–Crippen MR) is 104 cm³/mol. The lowest BCUT2D eigenvalue weighted by Crippen LogP contribution is -2.28. The van der Waals surface area contributed by atoms with E-state index in [2.05, 4.69) is 29.4 Å². The zero-order valence-electron chi connectivity index (χ0n) is 13.6. The first-order chi connectivity index (χ1) is 10.1. The van der Waals surface area contributed by atoms with Gasteiger partial charge in [-0.15, -0.1) is 24.0 Å². The molecule has 1 aromatic carbocycles. The number of benzene rings is 1. The van der Waals surface area contributed by atoms with E-state index in [-0.39, 0.29) is 29.4 Å². The number of halogens is 1. The summed E-state index contributed by atoms with van der Waals surface area (Å²) in [5.41, 5.74) is 8.53. The van der Waals surface area contributed by atoms with E-state index in [9.17, 15) is 0 Å². The van der Waals surface area contributed by atoms with Gasteiger partial charge in [0.05, 0.1) is 0 Å². The van der Waals surface area contributed by atoms with Crippen molar-refractivity contribution in [3.63, 3.8) is 0 Å². The van der Waals surface area contributed by atoms with Crippen molar-refractivity contribution in [3.8, 4) is 0 Å². The molecule has 4 nitrogen and oxygen atoms in total. The Morgan fingerprint density at radius 1 is 1.27 bits per heavy atom. The van der Waals surface area contributed by atoms with Crippen LogP contribution in [0.2, 0.25) is 0 Å². The Labute approximate surface area is 150 Å². The van der Waals surface area contributed by atoms with Crippen LogP contribution < -0.4 is 11.1 Å². The largest absolute Gasteiger partial charge is 0.385 e. The van der Waals surface area contributed by atoms with E-state index in [1.165, 1.54) is 31.2 Å². The number of methoxy groups -OCH3 is 1. The lowest BCUT2D eigenvalue weighted by Gasteiger charge is -2.26. The molecule has 0 atom stereocenters. The third-order valence-electron chi connectivity index (χ3n) is 4.41. The highest BCUT2D eigenvalue weighted by atomic mass is 127. The maximum atomic E-state index is 6.02. The van der Waals surface area contributed by atoms with Gasteiger partial charge < -0.3 is 15.8 Å². The van der Waals surface area contributed by atoms with Crippen LogP contribution in [0.1, 0.15) is 37.7 Å². The van der Waals surface area contributed by atoms with Crippen LogP contribution in [0, 0.1) is 12.3 Å². The molecule has 5 heteroatoms. The van der Waals surface area contributed by atoms with Crippen LogP contribution in [0.4, 0.5) is 5.69 Å². The van der Waals surface area contributed by atoms with E-state index >= 15 is 0 Å². The van der Waals surface area contributed by atoms with Crippen molar-refractivity contribution in [1.29, 1.82) is 0 Å². The van der Waals surface area contributed by atoms with Gasteiger partial charge in [0.1, 0.15) is 0 Å². The first-order valence-corrected chi connectivity index (χ1v) is 7.76. The molecule has 0 aromatic heterocycles. The second-order valence-electron chi connectivity index (χ2n) is 6.14. The van der Waals surface area contributed by atoms with Crippen LogP contribution in [0.25, 0.3) is 0 Å². The van der Waals surface area contributed by atoms with Crippen LogP contribution in [-0.4, -0.2) is 26.2 Å². The molecule has 1 aliphatic carbocycles. The fourth-order valence-corrected chi connectivity index (χ4v) is 3.01. The normalized spacial score (nSPS) is 17.1. The fourth-order valence-electron chi connectivity index (χ4n) is 3.01. The molecule has 1 saturated carbocycles. The summed E-state index contributed by atoms with van der Waals surface area (Å²) in [6.07, 6.45) is 6.13. The lowest BCUT2D eigenvalue weighted by atomic mass is 9.83. The first kappa shape index (κ1) is 19.2. The number of aliphatic imine (C=N–C) groups is 1. The first-order valence-electron chi connectivity index (χ1n) is 7.76. The van der Waals surface area contributed by atoms with E-state index in [0.29, 0.717) is 5.96 Å². The van der Waals surface area contributed by atoms with Gasteiger partial charge in [-0.05, 0) is 43.7 Å². The molecule has 0 heterocycles. The maximum absolute atomic E-state index is 6.02. The van der Waals surface area contributed by atoms with Crippen molar-refractivity contribution >= 4 is 35.6 Å². The Bertz CT molecular complexity index is 467. The Hall–Kier alpha value is -0.820. The topological polar surface area (TPSA) is 59.6 Å². The number of guanidine groups is 1. The smallest absolute Gasteiger partial charge is 0.193 e. The van der Waals surface area contributed by atoms with E-state index < -0.39 is 0 Å². The molecule has 1 fully saturated rings. The van der Waals surface area contributed by atoms with Gasteiger partial charge in [0.25, 0.3) is 0 Å².